The smallest absolute Gasteiger partial charge is 0.330 e. The van der Waals surface area contributed by atoms with E-state index in [4.69, 9.17) is 5.73 Å². The first-order valence-corrected chi connectivity index (χ1v) is 10.4. The Morgan fingerprint density at radius 2 is 2.03 bits per heavy atom. The fourth-order valence-corrected chi connectivity index (χ4v) is 3.13. The van der Waals surface area contributed by atoms with Crippen LogP contribution in [0.2, 0.25) is 0 Å². The third-order valence-corrected chi connectivity index (χ3v) is 4.88. The van der Waals surface area contributed by atoms with Gasteiger partial charge in [-0.15, -0.1) is 0 Å². The van der Waals surface area contributed by atoms with Crippen LogP contribution in [0.15, 0.2) is 39.9 Å². The summed E-state index contributed by atoms with van der Waals surface area (Å²) in [7, 11) is 0. The molecule has 0 spiro atoms. The molecule has 2 rings (SSSR count). The van der Waals surface area contributed by atoms with E-state index in [9.17, 15) is 14.4 Å². The molecule has 0 atom stereocenters. The lowest BCUT2D eigenvalue weighted by atomic mass is 10.1. The SMILES string of the molecule is CCCCn1c(N)c(N(CCC(C)C)C(=O)C=Cc2cccc(C)c2)c(=O)[nH]c1=O. The minimum absolute atomic E-state index is 0.0262. The molecular weight excluding hydrogens is 380 g/mol. The first-order valence-electron chi connectivity index (χ1n) is 10.4. The average molecular weight is 413 g/mol. The number of unbranched alkanes of at least 4 members (excludes halogenated alkanes) is 1. The number of nitrogens with zero attached hydrogens (tertiary/aromatic N) is 2. The molecule has 1 heterocycles. The third kappa shape index (κ3) is 5.95. The van der Waals surface area contributed by atoms with Gasteiger partial charge in [-0.05, 0) is 37.3 Å². The van der Waals surface area contributed by atoms with Crippen LogP contribution in [0.25, 0.3) is 6.08 Å². The Bertz CT molecular complexity index is 1020. The minimum Gasteiger partial charge on any atom is -0.383 e. The van der Waals surface area contributed by atoms with Gasteiger partial charge in [-0.1, -0.05) is 57.0 Å². The van der Waals surface area contributed by atoms with E-state index in [1.165, 1.54) is 15.5 Å². The highest BCUT2D eigenvalue weighted by molar-refractivity contribution is 6.05. The lowest BCUT2D eigenvalue weighted by molar-refractivity contribution is -0.114. The maximum atomic E-state index is 13.1. The van der Waals surface area contributed by atoms with E-state index in [1.54, 1.807) is 6.08 Å². The Kier molecular flexibility index (Phi) is 8.21. The van der Waals surface area contributed by atoms with Crippen LogP contribution in [-0.2, 0) is 11.3 Å². The Balaban J connectivity index is 2.47. The molecule has 0 aliphatic heterocycles. The molecule has 0 aliphatic rings. The zero-order chi connectivity index (χ0) is 22.3. The number of aromatic amines is 1. The van der Waals surface area contributed by atoms with Gasteiger partial charge >= 0.3 is 5.69 Å². The number of nitrogens with one attached hydrogen (secondary N) is 1. The van der Waals surface area contributed by atoms with Crippen molar-refractivity contribution in [1.29, 1.82) is 0 Å². The van der Waals surface area contributed by atoms with Crippen molar-refractivity contribution in [1.82, 2.24) is 9.55 Å². The van der Waals surface area contributed by atoms with E-state index >= 15 is 0 Å². The Morgan fingerprint density at radius 3 is 2.67 bits per heavy atom. The monoisotopic (exact) mass is 412 g/mol. The van der Waals surface area contributed by atoms with E-state index in [1.807, 2.05) is 52.0 Å². The van der Waals surface area contributed by atoms with Crippen molar-refractivity contribution >= 4 is 23.5 Å². The molecule has 0 saturated carbocycles. The van der Waals surface area contributed by atoms with Gasteiger partial charge in [0.25, 0.3) is 11.5 Å². The van der Waals surface area contributed by atoms with Crippen LogP contribution in [0.3, 0.4) is 0 Å². The number of hydrogen-bond donors (Lipinski definition) is 2. The summed E-state index contributed by atoms with van der Waals surface area (Å²) in [6, 6.07) is 7.77. The number of carbonyl (C=O) groups is 1. The van der Waals surface area contributed by atoms with Crippen molar-refractivity contribution in [3.05, 3.63) is 62.3 Å². The molecule has 7 nitrogen and oxygen atoms in total. The second-order valence-electron chi connectivity index (χ2n) is 7.92. The molecule has 1 aromatic carbocycles. The van der Waals surface area contributed by atoms with Crippen molar-refractivity contribution in [2.24, 2.45) is 5.92 Å². The molecule has 3 N–H and O–H groups in total. The highest BCUT2D eigenvalue weighted by Gasteiger charge is 2.23. The topological polar surface area (TPSA) is 101 Å². The summed E-state index contributed by atoms with van der Waals surface area (Å²) in [5, 5.41) is 0. The zero-order valence-corrected chi connectivity index (χ0v) is 18.3. The second-order valence-corrected chi connectivity index (χ2v) is 7.92. The van der Waals surface area contributed by atoms with E-state index in [0.29, 0.717) is 25.4 Å². The second kappa shape index (κ2) is 10.6. The van der Waals surface area contributed by atoms with Crippen LogP contribution >= 0.6 is 0 Å². The number of H-pyrrole nitrogens is 1. The molecule has 7 heteroatoms. The number of benzene rings is 1. The van der Waals surface area contributed by atoms with E-state index in [0.717, 1.165) is 24.0 Å². The largest absolute Gasteiger partial charge is 0.383 e. The summed E-state index contributed by atoms with van der Waals surface area (Å²) >= 11 is 0. The summed E-state index contributed by atoms with van der Waals surface area (Å²) in [5.74, 6) is 0.000614. The van der Waals surface area contributed by atoms with Gasteiger partial charge in [-0.3, -0.25) is 19.1 Å². The number of nitrogen functional groups attached to an aromatic ring is 1. The van der Waals surface area contributed by atoms with E-state index in [2.05, 4.69) is 4.98 Å². The summed E-state index contributed by atoms with van der Waals surface area (Å²) in [4.78, 5) is 41.6. The Morgan fingerprint density at radius 1 is 1.30 bits per heavy atom. The highest BCUT2D eigenvalue weighted by Crippen LogP contribution is 2.19. The van der Waals surface area contributed by atoms with Crippen molar-refractivity contribution in [2.45, 2.75) is 53.5 Å². The van der Waals surface area contributed by atoms with Crippen LogP contribution in [0.1, 0.15) is 51.2 Å². The number of rotatable bonds is 9. The number of anilines is 2. The zero-order valence-electron chi connectivity index (χ0n) is 18.3. The van der Waals surface area contributed by atoms with Gasteiger partial charge in [0.15, 0.2) is 5.69 Å². The summed E-state index contributed by atoms with van der Waals surface area (Å²) in [6.07, 6.45) is 5.46. The van der Waals surface area contributed by atoms with Gasteiger partial charge in [0.2, 0.25) is 0 Å². The summed E-state index contributed by atoms with van der Waals surface area (Å²) in [6.45, 7) is 8.78. The molecule has 1 aromatic heterocycles. The molecule has 0 aliphatic carbocycles. The number of carbonyl (C=O) groups excluding carboxylic acids is 1. The predicted molar refractivity (Wildman–Crippen MR) is 123 cm³/mol. The van der Waals surface area contributed by atoms with E-state index in [-0.39, 0.29) is 17.4 Å². The van der Waals surface area contributed by atoms with Crippen LogP contribution in [0.5, 0.6) is 0 Å². The van der Waals surface area contributed by atoms with Gasteiger partial charge in [-0.2, -0.15) is 0 Å². The lowest BCUT2D eigenvalue weighted by Crippen LogP contribution is -2.41. The molecule has 0 bridgehead atoms. The van der Waals surface area contributed by atoms with Gasteiger partial charge < -0.3 is 10.6 Å². The highest BCUT2D eigenvalue weighted by atomic mass is 16.2. The fraction of sp³-hybridized carbons (Fsp3) is 0.435. The molecular formula is C23H32N4O3. The first-order chi connectivity index (χ1) is 14.2. The fourth-order valence-electron chi connectivity index (χ4n) is 3.13. The van der Waals surface area contributed by atoms with E-state index < -0.39 is 11.2 Å². The molecule has 30 heavy (non-hydrogen) atoms. The van der Waals surface area contributed by atoms with Gasteiger partial charge in [0.05, 0.1) is 0 Å². The number of aromatic nitrogens is 2. The third-order valence-electron chi connectivity index (χ3n) is 4.88. The van der Waals surface area contributed by atoms with Crippen LogP contribution in [0.4, 0.5) is 11.5 Å². The molecule has 162 valence electrons. The van der Waals surface area contributed by atoms with Crippen LogP contribution in [0, 0.1) is 12.8 Å². The Labute approximate surface area is 177 Å². The van der Waals surface area contributed by atoms with Crippen molar-refractivity contribution in [3.8, 4) is 0 Å². The standard InChI is InChI=1S/C23H32N4O3/c1-5-6-13-27-21(24)20(22(29)25-23(27)30)26(14-12-16(2)3)19(28)11-10-18-9-7-8-17(4)15-18/h7-11,15-16H,5-6,12-14,24H2,1-4H3,(H,25,29,30). The lowest BCUT2D eigenvalue weighted by Gasteiger charge is -2.24. The van der Waals surface area contributed by atoms with Crippen LogP contribution < -0.4 is 21.9 Å². The molecule has 0 unspecified atom stereocenters. The number of aryl methyl sites for hydroxylation is 1. The van der Waals surface area contributed by atoms with Gasteiger partial charge in [0.1, 0.15) is 5.82 Å². The molecule has 2 aromatic rings. The maximum Gasteiger partial charge on any atom is 0.330 e. The molecule has 0 saturated heterocycles. The predicted octanol–water partition coefficient (Wildman–Crippen LogP) is 3.32. The van der Waals surface area contributed by atoms with Crippen molar-refractivity contribution in [2.75, 3.05) is 17.2 Å². The minimum atomic E-state index is -0.647. The first kappa shape index (κ1) is 23.2. The molecule has 0 fully saturated rings. The van der Waals surface area contributed by atoms with Crippen LogP contribution in [-0.4, -0.2) is 22.0 Å². The number of hydrogen-bond acceptors (Lipinski definition) is 4. The number of nitrogens with two attached hydrogens (primary N) is 1. The van der Waals surface area contributed by atoms with Crippen molar-refractivity contribution in [3.63, 3.8) is 0 Å². The van der Waals surface area contributed by atoms with Gasteiger partial charge in [0, 0.05) is 19.2 Å². The van der Waals surface area contributed by atoms with Gasteiger partial charge in [-0.25, -0.2) is 4.79 Å². The Hall–Kier alpha value is -3.09. The normalized spacial score (nSPS) is 11.4. The number of amides is 1. The maximum absolute atomic E-state index is 13.1. The quantitative estimate of drug-likeness (QED) is 0.617. The average Bonchev–Trinajstić information content (AvgIpc) is 2.68. The summed E-state index contributed by atoms with van der Waals surface area (Å²) in [5.41, 5.74) is 7.03. The molecule has 0 radical (unpaired) electrons. The van der Waals surface area contributed by atoms with Crippen molar-refractivity contribution < 1.29 is 4.79 Å². The molecule has 1 amide bonds. The summed E-state index contributed by atoms with van der Waals surface area (Å²) < 4.78 is 1.33.